The van der Waals surface area contributed by atoms with Crippen molar-refractivity contribution in [1.29, 1.82) is 0 Å². The first-order valence-electron chi connectivity index (χ1n) is 5.86. The first-order valence-corrected chi connectivity index (χ1v) is 5.86. The van der Waals surface area contributed by atoms with Crippen molar-refractivity contribution in [3.8, 4) is 0 Å². The van der Waals surface area contributed by atoms with Crippen LogP contribution in [0.25, 0.3) is 0 Å². The van der Waals surface area contributed by atoms with E-state index in [-0.39, 0.29) is 5.78 Å². The highest BCUT2D eigenvalue weighted by atomic mass is 16.1. The minimum absolute atomic E-state index is 0.225. The molecule has 0 spiro atoms. The number of benzene rings is 1. The lowest BCUT2D eigenvalue weighted by Gasteiger charge is -2.05. The first-order chi connectivity index (χ1) is 8.13. The molecule has 0 aliphatic rings. The molecule has 92 valence electrons. The molecule has 17 heavy (non-hydrogen) atoms. The Balaban J connectivity index is 2.43. The molecule has 0 saturated heterocycles. The molecule has 0 atom stereocenters. The molecule has 0 aromatic heterocycles. The van der Waals surface area contributed by atoms with E-state index in [2.05, 4.69) is 34.6 Å². The molecular weight excluding hydrogens is 212 g/mol. The summed E-state index contributed by atoms with van der Waals surface area (Å²) in [6.45, 7) is 5.16. The van der Waals surface area contributed by atoms with E-state index in [0.29, 0.717) is 6.42 Å². The van der Waals surface area contributed by atoms with Crippen molar-refractivity contribution in [1.82, 2.24) is 5.32 Å². The number of aliphatic imine (C=N–C) groups is 1. The van der Waals surface area contributed by atoms with Gasteiger partial charge in [0, 0.05) is 32.3 Å². The Hall–Kier alpha value is -1.48. The van der Waals surface area contributed by atoms with Crippen molar-refractivity contribution >= 4 is 11.5 Å². The van der Waals surface area contributed by atoms with Gasteiger partial charge in [0.05, 0.1) is 0 Å². The second-order valence-corrected chi connectivity index (χ2v) is 4.13. The van der Waals surface area contributed by atoms with Gasteiger partial charge in [0.15, 0.2) is 0 Å². The van der Waals surface area contributed by atoms with Crippen molar-refractivity contribution in [2.45, 2.75) is 26.8 Å². The number of rotatable bonds is 6. The van der Waals surface area contributed by atoms with Crippen LogP contribution in [-0.2, 0) is 11.3 Å². The maximum Gasteiger partial charge on any atom is 0.131 e. The minimum atomic E-state index is 0.225. The van der Waals surface area contributed by atoms with Crippen LogP contribution < -0.4 is 5.32 Å². The van der Waals surface area contributed by atoms with E-state index in [1.165, 1.54) is 5.56 Å². The van der Waals surface area contributed by atoms with Gasteiger partial charge in [-0.15, -0.1) is 0 Å². The first kappa shape index (κ1) is 13.6. The number of ketones is 1. The molecule has 0 bridgehead atoms. The van der Waals surface area contributed by atoms with Gasteiger partial charge < -0.3 is 5.32 Å². The molecule has 0 radical (unpaired) electrons. The van der Waals surface area contributed by atoms with Gasteiger partial charge in [-0.05, 0) is 25.0 Å². The maximum absolute atomic E-state index is 10.8. The van der Waals surface area contributed by atoms with E-state index in [1.54, 1.807) is 14.0 Å². The fourth-order valence-corrected chi connectivity index (χ4v) is 1.49. The number of hydrogen-bond donors (Lipinski definition) is 1. The van der Waals surface area contributed by atoms with Gasteiger partial charge in [0.25, 0.3) is 0 Å². The Morgan fingerprint density at radius 3 is 2.41 bits per heavy atom. The molecule has 0 aliphatic carbocycles. The van der Waals surface area contributed by atoms with Crippen molar-refractivity contribution in [3.63, 3.8) is 0 Å². The van der Waals surface area contributed by atoms with Crippen LogP contribution in [0.5, 0.6) is 0 Å². The minimum Gasteiger partial charge on any atom is -0.312 e. The van der Waals surface area contributed by atoms with Crippen LogP contribution in [0.1, 0.15) is 31.4 Å². The van der Waals surface area contributed by atoms with E-state index in [9.17, 15) is 4.79 Å². The Bertz CT molecular complexity index is 393. The largest absolute Gasteiger partial charge is 0.312 e. The number of carbonyl (C=O) groups is 1. The molecule has 0 heterocycles. The average molecular weight is 232 g/mol. The lowest BCUT2D eigenvalue weighted by Crippen LogP contribution is -2.16. The highest BCUT2D eigenvalue weighted by Gasteiger charge is 1.97. The van der Waals surface area contributed by atoms with Crippen LogP contribution in [0.15, 0.2) is 29.3 Å². The number of nitrogens with zero attached hydrogens (tertiary/aromatic N) is 1. The summed E-state index contributed by atoms with van der Waals surface area (Å²) in [4.78, 5) is 14.9. The van der Waals surface area contributed by atoms with Gasteiger partial charge in [0.1, 0.15) is 5.78 Å². The summed E-state index contributed by atoms with van der Waals surface area (Å²) in [6, 6.07) is 8.32. The SMILES string of the molecule is C/N=C(\C)c1ccc(CNCCC(C)=O)cc1. The van der Waals surface area contributed by atoms with E-state index >= 15 is 0 Å². The number of carbonyl (C=O) groups excluding carboxylic acids is 1. The Morgan fingerprint density at radius 2 is 1.88 bits per heavy atom. The zero-order valence-electron chi connectivity index (χ0n) is 10.8. The molecule has 0 aliphatic heterocycles. The van der Waals surface area contributed by atoms with Crippen molar-refractivity contribution < 1.29 is 4.79 Å². The lowest BCUT2D eigenvalue weighted by molar-refractivity contribution is -0.116. The monoisotopic (exact) mass is 232 g/mol. The van der Waals surface area contributed by atoms with Gasteiger partial charge in [0.2, 0.25) is 0 Å². The van der Waals surface area contributed by atoms with Crippen LogP contribution in [0, 0.1) is 0 Å². The zero-order valence-corrected chi connectivity index (χ0v) is 10.8. The van der Waals surface area contributed by atoms with Crippen molar-refractivity contribution in [2.24, 2.45) is 4.99 Å². The normalized spacial score (nSPS) is 11.6. The third-order valence-electron chi connectivity index (χ3n) is 2.69. The van der Waals surface area contributed by atoms with Crippen molar-refractivity contribution in [2.75, 3.05) is 13.6 Å². The van der Waals surface area contributed by atoms with Gasteiger partial charge >= 0.3 is 0 Å². The summed E-state index contributed by atoms with van der Waals surface area (Å²) >= 11 is 0. The van der Waals surface area contributed by atoms with Crippen molar-refractivity contribution in [3.05, 3.63) is 35.4 Å². The third kappa shape index (κ3) is 4.91. The predicted molar refractivity (Wildman–Crippen MR) is 71.6 cm³/mol. The Morgan fingerprint density at radius 1 is 1.24 bits per heavy atom. The fraction of sp³-hybridized carbons (Fsp3) is 0.429. The molecule has 3 nitrogen and oxygen atoms in total. The molecule has 1 rings (SSSR count). The van der Waals surface area contributed by atoms with Crippen LogP contribution in [0.4, 0.5) is 0 Å². The Labute approximate surface area is 103 Å². The summed E-state index contributed by atoms with van der Waals surface area (Å²) < 4.78 is 0. The predicted octanol–water partition coefficient (Wildman–Crippen LogP) is 2.19. The number of hydrogen-bond acceptors (Lipinski definition) is 3. The average Bonchev–Trinajstić information content (AvgIpc) is 2.34. The topological polar surface area (TPSA) is 41.5 Å². The highest BCUT2D eigenvalue weighted by Crippen LogP contribution is 2.05. The molecule has 1 aromatic rings. The van der Waals surface area contributed by atoms with E-state index in [4.69, 9.17) is 0 Å². The number of nitrogens with one attached hydrogen (secondary N) is 1. The van der Waals surface area contributed by atoms with Crippen LogP contribution in [0.3, 0.4) is 0 Å². The van der Waals surface area contributed by atoms with E-state index in [0.717, 1.165) is 24.4 Å². The summed E-state index contributed by atoms with van der Waals surface area (Å²) in [5.41, 5.74) is 3.42. The molecule has 0 saturated carbocycles. The summed E-state index contributed by atoms with van der Waals surface area (Å²) in [6.07, 6.45) is 0.597. The molecule has 1 N–H and O–H groups in total. The molecule has 0 fully saturated rings. The van der Waals surface area contributed by atoms with Crippen LogP contribution in [-0.4, -0.2) is 25.1 Å². The highest BCUT2D eigenvalue weighted by molar-refractivity contribution is 5.98. The molecule has 0 amide bonds. The fourth-order valence-electron chi connectivity index (χ4n) is 1.49. The van der Waals surface area contributed by atoms with Gasteiger partial charge in [-0.3, -0.25) is 9.79 Å². The zero-order chi connectivity index (χ0) is 12.7. The summed E-state index contributed by atoms with van der Waals surface area (Å²) in [5.74, 6) is 0.225. The third-order valence-corrected chi connectivity index (χ3v) is 2.69. The van der Waals surface area contributed by atoms with Crippen LogP contribution in [0.2, 0.25) is 0 Å². The molecule has 0 unspecified atom stereocenters. The summed E-state index contributed by atoms with van der Waals surface area (Å²) in [5, 5.41) is 3.24. The quantitative estimate of drug-likeness (QED) is 0.603. The van der Waals surface area contributed by atoms with E-state index < -0.39 is 0 Å². The maximum atomic E-state index is 10.8. The number of Topliss-reactive ketones (excluding diaryl/α,β-unsaturated/α-hetero) is 1. The standard InChI is InChI=1S/C14H20N2O/c1-11(17)8-9-16-10-13-4-6-14(7-5-13)12(2)15-3/h4-7,16H,8-10H2,1-3H3/b15-12+. The summed E-state index contributed by atoms with van der Waals surface area (Å²) in [7, 11) is 1.80. The van der Waals surface area contributed by atoms with Crippen LogP contribution >= 0.6 is 0 Å². The second-order valence-electron chi connectivity index (χ2n) is 4.13. The van der Waals surface area contributed by atoms with E-state index in [1.807, 2.05) is 6.92 Å². The Kier molecular flexibility index (Phi) is 5.57. The molecule has 1 aromatic carbocycles. The molecule has 3 heteroatoms. The second kappa shape index (κ2) is 6.97. The van der Waals surface area contributed by atoms with Gasteiger partial charge in [-0.1, -0.05) is 24.3 Å². The lowest BCUT2D eigenvalue weighted by atomic mass is 10.1. The van der Waals surface area contributed by atoms with Gasteiger partial charge in [-0.2, -0.15) is 0 Å². The van der Waals surface area contributed by atoms with Gasteiger partial charge in [-0.25, -0.2) is 0 Å². The smallest absolute Gasteiger partial charge is 0.131 e. The molecular formula is C14H20N2O.